The van der Waals surface area contributed by atoms with Gasteiger partial charge in [0.25, 0.3) is 5.91 Å². The highest BCUT2D eigenvalue weighted by molar-refractivity contribution is 14.1. The number of nitrogens with two attached hydrogens (primary N) is 3. The number of halogens is 1. The van der Waals surface area contributed by atoms with Crippen molar-refractivity contribution in [2.75, 3.05) is 78.0 Å². The number of aromatic nitrogens is 13. The molecule has 2 aliphatic carbocycles. The van der Waals surface area contributed by atoms with Gasteiger partial charge in [-0.1, -0.05) is 75.7 Å². The van der Waals surface area contributed by atoms with Gasteiger partial charge in [-0.05, 0) is 110 Å². The number of aromatic amines is 1. The Hall–Kier alpha value is -7.18. The molecule has 7 aromatic heterocycles. The van der Waals surface area contributed by atoms with E-state index in [0.29, 0.717) is 90.1 Å². The number of hydrogen-bond donors (Lipinski definition) is 5. The number of H-pyrrole nitrogens is 1. The first-order chi connectivity index (χ1) is 44.9. The Morgan fingerprint density at radius 3 is 1.74 bits per heavy atom. The maximum atomic E-state index is 13.2. The van der Waals surface area contributed by atoms with E-state index < -0.39 is 33.3 Å². The average molecular weight is 1420 g/mol. The summed E-state index contributed by atoms with van der Waals surface area (Å²) < 4.78 is 43.9. The van der Waals surface area contributed by atoms with Gasteiger partial charge in [0.2, 0.25) is 6.41 Å². The molecule has 0 bridgehead atoms. The molecule has 498 valence electrons. The molecule has 8 N–H and O–H groups in total. The third-order valence-corrected chi connectivity index (χ3v) is 21.3. The number of methoxy groups -OCH3 is 2. The second-order valence-corrected chi connectivity index (χ2v) is 38.0. The van der Waals surface area contributed by atoms with Crippen LogP contribution in [-0.4, -0.2) is 165 Å². The molecule has 0 saturated heterocycles. The van der Waals surface area contributed by atoms with Gasteiger partial charge in [0.1, 0.15) is 36.8 Å². The van der Waals surface area contributed by atoms with Gasteiger partial charge in [0.15, 0.2) is 22.9 Å². The lowest BCUT2D eigenvalue weighted by atomic mass is 9.76. The number of amides is 2. The number of ether oxygens (including phenoxy) is 6. The van der Waals surface area contributed by atoms with E-state index in [9.17, 15) is 9.59 Å². The molecule has 2 aromatic carbocycles. The summed E-state index contributed by atoms with van der Waals surface area (Å²) in [5.41, 5.74) is 13.6. The quantitative estimate of drug-likeness (QED) is 0.00580. The van der Waals surface area contributed by atoms with Crippen LogP contribution in [0.2, 0.25) is 51.4 Å². The van der Waals surface area contributed by atoms with Crippen molar-refractivity contribution in [2.45, 2.75) is 126 Å². The van der Waals surface area contributed by atoms with E-state index in [4.69, 9.17) is 49.2 Å². The molecule has 0 aliphatic heterocycles. The number of hydrogen-bond acceptors (Lipinski definition) is 20. The molecule has 2 saturated carbocycles. The Morgan fingerprint density at radius 1 is 0.699 bits per heavy atom. The molecule has 2 amide bonds. The Labute approximate surface area is 558 Å². The lowest BCUT2D eigenvalue weighted by Crippen LogP contribution is -2.51. The number of carbonyl (C=O) groups excluding carboxylic acids is 2. The van der Waals surface area contributed by atoms with Crippen LogP contribution in [-0.2, 0) is 43.6 Å². The monoisotopic (exact) mass is 1420 g/mol. The average Bonchev–Trinajstić information content (AvgIpc) is 1.71. The Kier molecular flexibility index (Phi) is 24.4. The first kappa shape index (κ1) is 70.1. The number of para-hydroxylation sites is 2. The van der Waals surface area contributed by atoms with Gasteiger partial charge < -0.3 is 39.1 Å². The number of nitrogens with zero attached hydrogens (tertiary/aromatic N) is 13. The molecule has 29 heteroatoms. The summed E-state index contributed by atoms with van der Waals surface area (Å²) in [5, 5.41) is 28.1. The van der Waals surface area contributed by atoms with Crippen LogP contribution in [0.1, 0.15) is 80.4 Å². The molecular formula is C64H89IN18O8Si2. The predicted octanol–water partition coefficient (Wildman–Crippen LogP) is 9.27. The van der Waals surface area contributed by atoms with E-state index in [-0.39, 0.29) is 18.4 Å². The van der Waals surface area contributed by atoms with Crippen LogP contribution >= 0.6 is 22.6 Å². The molecule has 2 aliphatic rings. The topological polar surface area (TPSA) is 320 Å². The van der Waals surface area contributed by atoms with Crippen LogP contribution in [0.25, 0.3) is 44.9 Å². The lowest BCUT2D eigenvalue weighted by molar-refractivity contribution is -0.155. The van der Waals surface area contributed by atoms with Gasteiger partial charge in [0, 0.05) is 102 Å². The van der Waals surface area contributed by atoms with E-state index >= 15 is 0 Å². The first-order valence-electron chi connectivity index (χ1n) is 31.4. The molecule has 0 unspecified atom stereocenters. The number of imide groups is 1. The molecule has 7 heterocycles. The zero-order chi connectivity index (χ0) is 66.2. The molecule has 11 rings (SSSR count). The van der Waals surface area contributed by atoms with Crippen LogP contribution in [0.4, 0.5) is 11.6 Å². The minimum Gasteiger partial charge on any atom is -0.384 e. The van der Waals surface area contributed by atoms with Crippen molar-refractivity contribution in [1.29, 1.82) is 0 Å². The molecule has 0 atom stereocenters. The van der Waals surface area contributed by atoms with Crippen molar-refractivity contribution < 1.29 is 38.0 Å². The summed E-state index contributed by atoms with van der Waals surface area (Å²) in [5.74, 6) is 10.0. The second-order valence-electron chi connectivity index (χ2n) is 25.7. The Bertz CT molecular complexity index is 3780. The summed E-state index contributed by atoms with van der Waals surface area (Å²) in [6.07, 6.45) is 18.7. The van der Waals surface area contributed by atoms with Crippen LogP contribution in [0.3, 0.4) is 0 Å². The van der Waals surface area contributed by atoms with Gasteiger partial charge >= 0.3 is 0 Å². The van der Waals surface area contributed by atoms with Crippen molar-refractivity contribution in [3.8, 4) is 33.6 Å². The number of anilines is 2. The van der Waals surface area contributed by atoms with Gasteiger partial charge in [-0.15, -0.1) is 0 Å². The highest BCUT2D eigenvalue weighted by Crippen LogP contribution is 2.46. The number of rotatable bonds is 28. The standard InChI is InChI=1S/C38H56IN7O6Si2.C26H29N9O2.H4N2/c1-49-17-18-52-38(37(48)40-26-47)15-13-29(14-16-38)34-33(39)36(44(27-50-19-21-53(2,3)4)28-51-20-22-54(5,6)7)46-35(43-34)32(24-42-46)30-23-41-45(25-30)31-11-9-8-10-12-31;1-36-11-12-37-26(25-28-17-29-33-25)9-7-18(8-10-26)22-13-23(27)35-24(32-22)21(15-31-35)19-14-30-34(16-19)20-5-3-2-4-6-20;1-2/h8-12,23-26,29H,13-22,27-28H2,1-7H3,(H,40,47,48);2-6,13-18H,7-12,27H2,1H3,(H,28,29,33);1-2H2. The number of carbonyl (C=O) groups is 2. The molecule has 26 nitrogen and oxygen atoms in total. The molecule has 9 aromatic rings. The number of fused-ring (bicyclic) bond motifs is 2. The number of hydrazine groups is 1. The van der Waals surface area contributed by atoms with Crippen molar-refractivity contribution in [1.82, 2.24) is 69.3 Å². The van der Waals surface area contributed by atoms with Crippen molar-refractivity contribution in [3.05, 3.63) is 131 Å². The van der Waals surface area contributed by atoms with E-state index in [1.165, 1.54) is 6.33 Å². The first-order valence-corrected chi connectivity index (χ1v) is 39.9. The maximum Gasteiger partial charge on any atom is 0.258 e. The minimum atomic E-state index is -1.31. The molecular weight excluding hydrogens is 1330 g/mol. The number of nitrogen functional groups attached to an aromatic ring is 1. The van der Waals surface area contributed by atoms with Crippen molar-refractivity contribution in [2.24, 2.45) is 11.7 Å². The SMILES string of the molecule is COCCOC1(C(=O)NC=O)CCC(c2nc3c(-c4cnn(-c5ccccc5)c4)cnn3c(N(COCC[Si](C)(C)C)COCC[Si](C)(C)C)c2I)CC1.COCCOC1(c2ncn[nH]2)CCC(c2cc(N)n3ncc(-c4cnn(-c5ccccc5)c4)c3n2)CC1.NN. The van der Waals surface area contributed by atoms with Crippen LogP contribution in [0.5, 0.6) is 0 Å². The van der Waals surface area contributed by atoms with Crippen LogP contribution < -0.4 is 27.6 Å². The fraction of sp³-hybridized carbons (Fsp3) is 0.469. The predicted molar refractivity (Wildman–Crippen MR) is 370 cm³/mol. The molecule has 0 spiro atoms. The maximum absolute atomic E-state index is 13.2. The summed E-state index contributed by atoms with van der Waals surface area (Å²) >= 11 is 2.40. The summed E-state index contributed by atoms with van der Waals surface area (Å²) in [6.45, 7) is 17.7. The largest absolute Gasteiger partial charge is 0.384 e. The van der Waals surface area contributed by atoms with Crippen molar-refractivity contribution in [3.63, 3.8) is 0 Å². The summed E-state index contributed by atoms with van der Waals surface area (Å²) in [4.78, 5) is 41.5. The van der Waals surface area contributed by atoms with Gasteiger partial charge in [-0.3, -0.25) is 31.7 Å². The van der Waals surface area contributed by atoms with Crippen LogP contribution in [0.15, 0.2) is 110 Å². The van der Waals surface area contributed by atoms with E-state index in [1.807, 2.05) is 112 Å². The minimum absolute atomic E-state index is 0.0149. The molecule has 93 heavy (non-hydrogen) atoms. The fourth-order valence-corrected chi connectivity index (χ4v) is 14.3. The van der Waals surface area contributed by atoms with Crippen molar-refractivity contribution >= 4 is 74.0 Å². The Morgan fingerprint density at radius 2 is 1.23 bits per heavy atom. The third kappa shape index (κ3) is 17.4. The molecule has 2 fully saturated rings. The highest BCUT2D eigenvalue weighted by Gasteiger charge is 2.45. The summed E-state index contributed by atoms with van der Waals surface area (Å²) in [7, 11) is 0.640. The van der Waals surface area contributed by atoms with Gasteiger partial charge in [-0.2, -0.15) is 34.5 Å². The lowest BCUT2D eigenvalue weighted by Gasteiger charge is -2.38. The third-order valence-electron chi connectivity index (χ3n) is 16.9. The second kappa shape index (κ2) is 32.3. The van der Waals surface area contributed by atoms with E-state index in [1.54, 1.807) is 24.9 Å². The molecule has 0 radical (unpaired) electrons. The summed E-state index contributed by atoms with van der Waals surface area (Å²) in [6, 6.07) is 24.0. The normalized spacial score (nSPS) is 18.4. The van der Waals surface area contributed by atoms with E-state index in [2.05, 4.69) is 114 Å². The van der Waals surface area contributed by atoms with Crippen LogP contribution in [0, 0.1) is 3.57 Å². The van der Waals surface area contributed by atoms with E-state index in [0.717, 1.165) is 104 Å². The smallest absolute Gasteiger partial charge is 0.258 e. The van der Waals surface area contributed by atoms with Gasteiger partial charge in [-0.25, -0.2) is 24.3 Å². The zero-order valence-corrected chi connectivity index (χ0v) is 58.7. The number of nitrogens with one attached hydrogen (secondary N) is 2. The number of benzene rings is 2. The van der Waals surface area contributed by atoms with Gasteiger partial charge in [0.05, 0.1) is 71.9 Å². The fourth-order valence-electron chi connectivity index (χ4n) is 11.6. The highest BCUT2D eigenvalue weighted by atomic mass is 127. The zero-order valence-electron chi connectivity index (χ0n) is 54.5. The Balaban J connectivity index is 0.000000227.